The van der Waals surface area contributed by atoms with E-state index in [1.807, 2.05) is 13.8 Å². The molecule has 3 N–H and O–H groups in total. The highest BCUT2D eigenvalue weighted by molar-refractivity contribution is 5.97. The number of nitrogens with zero attached hydrogens (tertiary/aromatic N) is 2. The number of fused-ring (bicyclic) bond motifs is 1. The van der Waals surface area contributed by atoms with Gasteiger partial charge in [-0.05, 0) is 26.7 Å². The molecule has 8 heteroatoms. The number of nitrogens with one attached hydrogen (secondary N) is 1. The van der Waals surface area contributed by atoms with Gasteiger partial charge in [0.1, 0.15) is 5.69 Å². The number of aromatic nitrogens is 1. The summed E-state index contributed by atoms with van der Waals surface area (Å²) in [6.45, 7) is 4.73. The summed E-state index contributed by atoms with van der Waals surface area (Å²) in [5, 5.41) is 3.07. The molecule has 1 aliphatic carbocycles. The molecule has 2 atom stereocenters. The van der Waals surface area contributed by atoms with Crippen LogP contribution in [0.4, 0.5) is 20.2 Å². The monoisotopic (exact) mass is 376 g/mol. The van der Waals surface area contributed by atoms with Crippen LogP contribution in [0.5, 0.6) is 0 Å². The van der Waals surface area contributed by atoms with Gasteiger partial charge in [-0.25, -0.2) is 8.78 Å². The van der Waals surface area contributed by atoms with Crippen LogP contribution < -0.4 is 21.4 Å². The third-order valence-electron chi connectivity index (χ3n) is 5.33. The first kappa shape index (κ1) is 17.9. The molecule has 1 saturated heterocycles. The van der Waals surface area contributed by atoms with Crippen molar-refractivity contribution in [3.8, 4) is 0 Å². The van der Waals surface area contributed by atoms with E-state index >= 15 is 8.78 Å². The Balaban J connectivity index is 2.04. The highest BCUT2D eigenvalue weighted by atomic mass is 19.1. The van der Waals surface area contributed by atoms with Crippen molar-refractivity contribution in [2.75, 3.05) is 23.7 Å². The van der Waals surface area contributed by atoms with Crippen LogP contribution in [0.15, 0.2) is 11.0 Å². The van der Waals surface area contributed by atoms with E-state index in [0.717, 1.165) is 12.8 Å². The van der Waals surface area contributed by atoms with E-state index in [1.165, 1.54) is 6.20 Å². The van der Waals surface area contributed by atoms with E-state index < -0.39 is 22.8 Å². The first-order valence-corrected chi connectivity index (χ1v) is 9.14. The summed E-state index contributed by atoms with van der Waals surface area (Å²) in [6, 6.07) is 0.0833. The molecule has 2 aliphatic rings. The van der Waals surface area contributed by atoms with Crippen LogP contribution in [0.2, 0.25) is 0 Å². The minimum Gasteiger partial charge on any atom is -0.396 e. The van der Waals surface area contributed by atoms with Crippen molar-refractivity contribution in [3.63, 3.8) is 0 Å². The van der Waals surface area contributed by atoms with Crippen molar-refractivity contribution in [1.29, 1.82) is 0 Å². The average molecular weight is 376 g/mol. The quantitative estimate of drug-likeness (QED) is 0.634. The van der Waals surface area contributed by atoms with Gasteiger partial charge in [-0.2, -0.15) is 0 Å². The zero-order valence-corrected chi connectivity index (χ0v) is 15.3. The lowest BCUT2D eigenvalue weighted by molar-refractivity contribution is 0.112. The SMILES string of the molecule is C[C@@H]1CN(c2c(F)c(N)c3c(=O)c(C=O)cn(C4CC4)c3c2F)C[C@H](C)N1. The number of carbonyl (C=O) groups is 1. The second kappa shape index (κ2) is 6.30. The van der Waals surface area contributed by atoms with Crippen molar-refractivity contribution in [2.45, 2.75) is 44.8 Å². The molecule has 1 saturated carbocycles. The van der Waals surface area contributed by atoms with Crippen molar-refractivity contribution in [3.05, 3.63) is 33.6 Å². The predicted octanol–water partition coefficient (Wildman–Crippen LogP) is 2.20. The molecule has 2 fully saturated rings. The fraction of sp³-hybridized carbons (Fsp3) is 0.474. The molecule has 0 radical (unpaired) electrons. The number of hydrogen-bond donors (Lipinski definition) is 2. The lowest BCUT2D eigenvalue weighted by atomic mass is 10.0. The Morgan fingerprint density at radius 1 is 1.19 bits per heavy atom. The van der Waals surface area contributed by atoms with Crippen LogP contribution >= 0.6 is 0 Å². The van der Waals surface area contributed by atoms with Crippen LogP contribution in [-0.4, -0.2) is 36.0 Å². The number of hydrogen-bond acceptors (Lipinski definition) is 5. The second-order valence-electron chi connectivity index (χ2n) is 7.66. The van der Waals surface area contributed by atoms with Crippen molar-refractivity contribution in [2.24, 2.45) is 0 Å². The maximum Gasteiger partial charge on any atom is 0.202 e. The van der Waals surface area contributed by atoms with Crippen LogP contribution in [0.1, 0.15) is 43.1 Å². The first-order valence-electron chi connectivity index (χ1n) is 9.14. The molecule has 1 aromatic heterocycles. The Labute approximate surface area is 154 Å². The zero-order chi connectivity index (χ0) is 19.5. The minimum absolute atomic E-state index is 0.0131. The van der Waals surface area contributed by atoms with Crippen molar-refractivity contribution >= 4 is 28.6 Å². The van der Waals surface area contributed by atoms with Gasteiger partial charge >= 0.3 is 0 Å². The van der Waals surface area contributed by atoms with Gasteiger partial charge in [0.15, 0.2) is 17.9 Å². The van der Waals surface area contributed by atoms with E-state index in [4.69, 9.17) is 5.73 Å². The molecule has 144 valence electrons. The number of carbonyl (C=O) groups excluding carboxylic acids is 1. The topological polar surface area (TPSA) is 80.4 Å². The van der Waals surface area contributed by atoms with E-state index in [0.29, 0.717) is 19.4 Å². The third-order valence-corrected chi connectivity index (χ3v) is 5.33. The highest BCUT2D eigenvalue weighted by Gasteiger charge is 2.33. The predicted molar refractivity (Wildman–Crippen MR) is 100 cm³/mol. The number of rotatable bonds is 3. The molecule has 0 unspecified atom stereocenters. The van der Waals surface area contributed by atoms with Crippen LogP contribution in [-0.2, 0) is 0 Å². The number of aldehydes is 1. The smallest absolute Gasteiger partial charge is 0.202 e. The number of nitrogen functional groups attached to an aromatic ring is 1. The van der Waals surface area contributed by atoms with E-state index in [-0.39, 0.29) is 40.3 Å². The summed E-state index contributed by atoms with van der Waals surface area (Å²) in [7, 11) is 0. The first-order chi connectivity index (χ1) is 12.8. The molecule has 4 rings (SSSR count). The van der Waals surface area contributed by atoms with Crippen LogP contribution in [0.3, 0.4) is 0 Å². The number of nitrogens with two attached hydrogens (primary N) is 1. The Hall–Kier alpha value is -2.48. The number of benzene rings is 1. The fourth-order valence-corrected chi connectivity index (χ4v) is 4.08. The molecular weight excluding hydrogens is 354 g/mol. The summed E-state index contributed by atoms with van der Waals surface area (Å²) in [5.74, 6) is -1.73. The number of halogens is 2. The van der Waals surface area contributed by atoms with Crippen molar-refractivity contribution in [1.82, 2.24) is 9.88 Å². The zero-order valence-electron chi connectivity index (χ0n) is 15.3. The third kappa shape index (κ3) is 2.79. The molecule has 0 bridgehead atoms. The summed E-state index contributed by atoms with van der Waals surface area (Å²) >= 11 is 0. The minimum atomic E-state index is -0.941. The van der Waals surface area contributed by atoms with Gasteiger partial charge in [0.25, 0.3) is 0 Å². The van der Waals surface area contributed by atoms with Crippen molar-refractivity contribution < 1.29 is 13.6 Å². The maximum absolute atomic E-state index is 15.6. The van der Waals surface area contributed by atoms with E-state index in [1.54, 1.807) is 9.47 Å². The Morgan fingerprint density at radius 2 is 1.81 bits per heavy atom. The summed E-state index contributed by atoms with van der Waals surface area (Å²) in [4.78, 5) is 25.5. The lowest BCUT2D eigenvalue weighted by Crippen LogP contribution is -2.54. The Morgan fingerprint density at radius 3 is 2.37 bits per heavy atom. The average Bonchev–Trinajstić information content (AvgIpc) is 3.44. The molecule has 2 aromatic rings. The van der Waals surface area contributed by atoms with Gasteiger partial charge in [-0.1, -0.05) is 0 Å². The summed E-state index contributed by atoms with van der Waals surface area (Å²) in [6.07, 6.45) is 3.39. The van der Waals surface area contributed by atoms with Crippen LogP contribution in [0, 0.1) is 11.6 Å². The molecule has 6 nitrogen and oxygen atoms in total. The largest absolute Gasteiger partial charge is 0.396 e. The number of piperazine rings is 1. The van der Waals surface area contributed by atoms with E-state index in [9.17, 15) is 9.59 Å². The van der Waals surface area contributed by atoms with Gasteiger partial charge in [0.2, 0.25) is 5.43 Å². The summed E-state index contributed by atoms with van der Waals surface area (Å²) < 4.78 is 32.3. The maximum atomic E-state index is 15.6. The number of anilines is 2. The normalized spacial score (nSPS) is 23.0. The lowest BCUT2D eigenvalue weighted by Gasteiger charge is -2.38. The molecule has 0 spiro atoms. The van der Waals surface area contributed by atoms with Gasteiger partial charge in [-0.3, -0.25) is 9.59 Å². The van der Waals surface area contributed by atoms with Crippen LogP contribution in [0.25, 0.3) is 10.9 Å². The molecule has 0 amide bonds. The highest BCUT2D eigenvalue weighted by Crippen LogP contribution is 2.41. The molecule has 2 heterocycles. The van der Waals surface area contributed by atoms with Gasteiger partial charge in [0, 0.05) is 37.4 Å². The second-order valence-corrected chi connectivity index (χ2v) is 7.66. The molecular formula is C19H22F2N4O2. The fourth-order valence-electron chi connectivity index (χ4n) is 4.08. The van der Waals surface area contributed by atoms with E-state index in [2.05, 4.69) is 5.32 Å². The Bertz CT molecular complexity index is 990. The van der Waals surface area contributed by atoms with Gasteiger partial charge < -0.3 is 20.5 Å². The number of pyridine rings is 1. The summed E-state index contributed by atoms with van der Waals surface area (Å²) in [5.41, 5.74) is 4.47. The standard InChI is InChI=1S/C19H22F2N4O2/c1-9-5-24(6-10(2)23-9)18-14(20)16(22)13-17(15(18)21)25(12-3-4-12)7-11(8-26)19(13)27/h7-10,12,23H,3-6,22H2,1-2H3/t9-,10+. The van der Waals surface area contributed by atoms with Gasteiger partial charge in [0.05, 0.1) is 22.2 Å². The Kier molecular flexibility index (Phi) is 4.18. The molecule has 1 aliphatic heterocycles. The molecule has 27 heavy (non-hydrogen) atoms. The van der Waals surface area contributed by atoms with Gasteiger partial charge in [-0.15, -0.1) is 0 Å². The molecule has 1 aromatic carbocycles.